The molecule has 0 saturated heterocycles. The Morgan fingerprint density at radius 1 is 1.11 bits per heavy atom. The van der Waals surface area contributed by atoms with Gasteiger partial charge in [0.1, 0.15) is 0 Å². The van der Waals surface area contributed by atoms with Crippen LogP contribution >= 0.6 is 0 Å². The van der Waals surface area contributed by atoms with E-state index in [0.29, 0.717) is 5.92 Å². The van der Waals surface area contributed by atoms with Crippen molar-refractivity contribution >= 4 is 28.5 Å². The lowest BCUT2D eigenvalue weighted by Crippen LogP contribution is -2.22. The van der Waals surface area contributed by atoms with Crippen LogP contribution in [0.25, 0.3) is 10.9 Å². The fraction of sp³-hybridized carbons (Fsp3) is 0.273. The smallest absolute Gasteiger partial charge is 0.310 e. The first kappa shape index (κ1) is 18.7. The molecule has 0 bridgehead atoms. The predicted molar refractivity (Wildman–Crippen MR) is 107 cm³/mol. The molecule has 5 nitrogen and oxygen atoms in total. The molecule has 1 atom stereocenters. The minimum absolute atomic E-state index is 0.126. The molecule has 1 amide bonds. The lowest BCUT2D eigenvalue weighted by Gasteiger charge is -2.15. The van der Waals surface area contributed by atoms with Crippen molar-refractivity contribution < 1.29 is 14.3 Å². The number of nitrogens with one attached hydrogen (secondary N) is 2. The fourth-order valence-corrected chi connectivity index (χ4v) is 3.08. The van der Waals surface area contributed by atoms with Crippen molar-refractivity contribution in [1.82, 2.24) is 4.98 Å². The maximum absolute atomic E-state index is 12.2. The lowest BCUT2D eigenvalue weighted by molar-refractivity contribution is -0.146. The number of carbonyl (C=O) groups is 2. The van der Waals surface area contributed by atoms with Gasteiger partial charge in [-0.1, -0.05) is 50.2 Å². The van der Waals surface area contributed by atoms with Crippen LogP contribution in [-0.4, -0.2) is 23.5 Å². The van der Waals surface area contributed by atoms with Gasteiger partial charge in [-0.15, -0.1) is 0 Å². The molecule has 5 heteroatoms. The number of hydrogen-bond donors (Lipinski definition) is 2. The monoisotopic (exact) mass is 364 g/mol. The molecule has 1 aromatic heterocycles. The van der Waals surface area contributed by atoms with Crippen LogP contribution in [0.2, 0.25) is 0 Å². The van der Waals surface area contributed by atoms with Gasteiger partial charge in [-0.25, -0.2) is 0 Å². The second-order valence-electron chi connectivity index (χ2n) is 6.64. The second-order valence-corrected chi connectivity index (χ2v) is 6.64. The Bertz CT molecular complexity index is 945. The molecule has 3 aromatic rings. The van der Waals surface area contributed by atoms with E-state index >= 15 is 0 Å². The predicted octanol–water partition coefficient (Wildman–Crippen LogP) is 4.41. The summed E-state index contributed by atoms with van der Waals surface area (Å²) >= 11 is 0. The zero-order chi connectivity index (χ0) is 19.2. The van der Waals surface area contributed by atoms with E-state index in [-0.39, 0.29) is 18.9 Å². The maximum Gasteiger partial charge on any atom is 0.310 e. The molecule has 0 unspecified atom stereocenters. The van der Waals surface area contributed by atoms with Gasteiger partial charge in [-0.2, -0.15) is 0 Å². The second kappa shape index (κ2) is 8.54. The lowest BCUT2D eigenvalue weighted by atomic mass is 9.97. The summed E-state index contributed by atoms with van der Waals surface area (Å²) in [5, 5.41) is 3.83. The third kappa shape index (κ3) is 4.56. The summed E-state index contributed by atoms with van der Waals surface area (Å²) in [6.45, 7) is 3.93. The number of carbonyl (C=O) groups excluding carboxylic acids is 2. The van der Waals surface area contributed by atoms with Gasteiger partial charge in [0, 0.05) is 22.8 Å². The van der Waals surface area contributed by atoms with Gasteiger partial charge < -0.3 is 15.0 Å². The van der Waals surface area contributed by atoms with Crippen LogP contribution in [-0.2, 0) is 20.7 Å². The van der Waals surface area contributed by atoms with Crippen molar-refractivity contribution in [2.24, 2.45) is 0 Å². The van der Waals surface area contributed by atoms with Crippen molar-refractivity contribution in [3.63, 3.8) is 0 Å². The normalized spacial score (nSPS) is 11.9. The highest BCUT2D eigenvalue weighted by atomic mass is 16.5. The number of aromatic nitrogens is 1. The largest absolute Gasteiger partial charge is 0.455 e. The zero-order valence-electron chi connectivity index (χ0n) is 15.6. The van der Waals surface area contributed by atoms with E-state index in [9.17, 15) is 9.59 Å². The molecular formula is C22H24N2O3. The zero-order valence-corrected chi connectivity index (χ0v) is 15.6. The molecule has 1 heterocycles. The Morgan fingerprint density at radius 3 is 2.67 bits per heavy atom. The molecule has 2 aromatic carbocycles. The van der Waals surface area contributed by atoms with Gasteiger partial charge in [-0.05, 0) is 35.6 Å². The number of esters is 1. The van der Waals surface area contributed by atoms with E-state index < -0.39 is 5.97 Å². The number of amides is 1. The molecule has 0 radical (unpaired) electrons. The Balaban J connectivity index is 1.56. The number of para-hydroxylation sites is 2. The molecule has 27 heavy (non-hydrogen) atoms. The Morgan fingerprint density at radius 2 is 1.85 bits per heavy atom. The Hall–Kier alpha value is -3.08. The quantitative estimate of drug-likeness (QED) is 0.610. The maximum atomic E-state index is 12.2. The Kier molecular flexibility index (Phi) is 5.91. The first-order chi connectivity index (χ1) is 13.1. The number of fused-ring (bicyclic) bond motifs is 1. The van der Waals surface area contributed by atoms with Crippen LogP contribution in [0, 0.1) is 0 Å². The number of rotatable bonds is 7. The third-order valence-corrected chi connectivity index (χ3v) is 4.75. The fourth-order valence-electron chi connectivity index (χ4n) is 3.08. The standard InChI is InChI=1S/C22H24N2O3/c1-3-15(2)17-8-4-7-11-20(17)24-21(25)14-27-22(26)12-16-13-23-19-10-6-5-9-18(16)19/h4-11,13,15,23H,3,12,14H2,1-2H3,(H,24,25)/t15-/m0/s1. The van der Waals surface area contributed by atoms with Crippen LogP contribution in [0.4, 0.5) is 5.69 Å². The number of benzene rings is 2. The highest BCUT2D eigenvalue weighted by Gasteiger charge is 2.14. The summed E-state index contributed by atoms with van der Waals surface area (Å²) in [5.41, 5.74) is 3.68. The van der Waals surface area contributed by atoms with Gasteiger partial charge >= 0.3 is 5.97 Å². The molecule has 0 saturated carbocycles. The van der Waals surface area contributed by atoms with E-state index in [1.165, 1.54) is 0 Å². The average Bonchev–Trinajstić information content (AvgIpc) is 3.09. The van der Waals surface area contributed by atoms with Gasteiger partial charge in [-0.3, -0.25) is 9.59 Å². The number of H-pyrrole nitrogens is 1. The van der Waals surface area contributed by atoms with E-state index in [1.807, 2.05) is 48.5 Å². The Labute approximate surface area is 158 Å². The van der Waals surface area contributed by atoms with Crippen molar-refractivity contribution in [2.45, 2.75) is 32.6 Å². The molecule has 0 aliphatic rings. The SMILES string of the molecule is CC[C@H](C)c1ccccc1NC(=O)COC(=O)Cc1c[nH]c2ccccc12. The van der Waals surface area contributed by atoms with Gasteiger partial charge in [0.05, 0.1) is 6.42 Å². The molecule has 3 rings (SSSR count). The van der Waals surface area contributed by atoms with Crippen LogP contribution in [0.1, 0.15) is 37.3 Å². The van der Waals surface area contributed by atoms with E-state index in [1.54, 1.807) is 6.20 Å². The van der Waals surface area contributed by atoms with Crippen LogP contribution < -0.4 is 5.32 Å². The number of aromatic amines is 1. The summed E-state index contributed by atoms with van der Waals surface area (Å²) < 4.78 is 5.16. The van der Waals surface area contributed by atoms with Crippen molar-refractivity contribution in [1.29, 1.82) is 0 Å². The van der Waals surface area contributed by atoms with Crippen LogP contribution in [0.3, 0.4) is 0 Å². The van der Waals surface area contributed by atoms with Crippen LogP contribution in [0.5, 0.6) is 0 Å². The van der Waals surface area contributed by atoms with E-state index in [0.717, 1.165) is 34.1 Å². The first-order valence-electron chi connectivity index (χ1n) is 9.18. The first-order valence-corrected chi connectivity index (χ1v) is 9.18. The van der Waals surface area contributed by atoms with Crippen LogP contribution in [0.15, 0.2) is 54.7 Å². The van der Waals surface area contributed by atoms with Crippen molar-refractivity contribution in [2.75, 3.05) is 11.9 Å². The number of hydrogen-bond acceptors (Lipinski definition) is 3. The molecular weight excluding hydrogens is 340 g/mol. The van der Waals surface area contributed by atoms with Crippen molar-refractivity contribution in [3.05, 3.63) is 65.9 Å². The average molecular weight is 364 g/mol. The molecule has 140 valence electrons. The number of ether oxygens (including phenoxy) is 1. The van der Waals surface area contributed by atoms with Gasteiger partial charge in [0.25, 0.3) is 5.91 Å². The minimum Gasteiger partial charge on any atom is -0.455 e. The van der Waals surface area contributed by atoms with Crippen molar-refractivity contribution in [3.8, 4) is 0 Å². The molecule has 0 fully saturated rings. The molecule has 2 N–H and O–H groups in total. The highest BCUT2D eigenvalue weighted by Crippen LogP contribution is 2.26. The summed E-state index contributed by atoms with van der Waals surface area (Å²) in [4.78, 5) is 27.4. The number of anilines is 1. The molecule has 0 aliphatic carbocycles. The molecule has 0 aliphatic heterocycles. The van der Waals surface area contributed by atoms with Gasteiger partial charge in [0.2, 0.25) is 0 Å². The summed E-state index contributed by atoms with van der Waals surface area (Å²) in [7, 11) is 0. The minimum atomic E-state index is -0.426. The van der Waals surface area contributed by atoms with Gasteiger partial charge in [0.15, 0.2) is 6.61 Å². The third-order valence-electron chi connectivity index (χ3n) is 4.75. The summed E-state index contributed by atoms with van der Waals surface area (Å²) in [6, 6.07) is 15.5. The summed E-state index contributed by atoms with van der Waals surface area (Å²) in [6.07, 6.45) is 2.90. The van der Waals surface area contributed by atoms with E-state index in [4.69, 9.17) is 4.74 Å². The highest BCUT2D eigenvalue weighted by molar-refractivity contribution is 5.94. The molecule has 0 spiro atoms. The topological polar surface area (TPSA) is 71.2 Å². The summed E-state index contributed by atoms with van der Waals surface area (Å²) in [5.74, 6) is -0.422. The van der Waals surface area contributed by atoms with E-state index in [2.05, 4.69) is 24.1 Å².